The summed E-state index contributed by atoms with van der Waals surface area (Å²) in [5, 5.41) is 15.4. The van der Waals surface area contributed by atoms with Crippen molar-refractivity contribution >= 4 is 23.8 Å². The molecular formula is C26H42N4O6. The van der Waals surface area contributed by atoms with Gasteiger partial charge in [0.1, 0.15) is 23.4 Å². The molecule has 0 bridgehead atoms. The summed E-state index contributed by atoms with van der Waals surface area (Å²) in [6, 6.07) is 3.71. The van der Waals surface area contributed by atoms with Crippen LogP contribution in [-0.4, -0.2) is 58.6 Å². The average molecular weight is 507 g/mol. The maximum Gasteiger partial charge on any atom is 0.408 e. The first-order valence-electron chi connectivity index (χ1n) is 12.5. The number of aromatic hydroxyl groups is 1. The smallest absolute Gasteiger partial charge is 0.408 e. The lowest BCUT2D eigenvalue weighted by atomic mass is 10.0. The van der Waals surface area contributed by atoms with Crippen molar-refractivity contribution < 1.29 is 29.0 Å². The van der Waals surface area contributed by atoms with E-state index in [0.717, 1.165) is 25.7 Å². The fraction of sp³-hybridized carbons (Fsp3) is 0.615. The Balaban J connectivity index is 3.44. The predicted octanol–water partition coefficient (Wildman–Crippen LogP) is 3.14. The number of alkyl carbamates (subject to hydrolysis) is 1. The third-order valence-electron chi connectivity index (χ3n) is 5.26. The second-order valence-electron chi connectivity index (χ2n) is 9.75. The van der Waals surface area contributed by atoms with Gasteiger partial charge < -0.3 is 31.1 Å². The van der Waals surface area contributed by atoms with Crippen LogP contribution in [0.2, 0.25) is 0 Å². The van der Waals surface area contributed by atoms with Crippen LogP contribution >= 0.6 is 0 Å². The number of hydrogen-bond acceptors (Lipinski definition) is 6. The molecule has 0 aliphatic heterocycles. The number of hydrogen-bond donors (Lipinski definition) is 4. The maximum atomic E-state index is 13.8. The van der Waals surface area contributed by atoms with Crippen LogP contribution in [0, 0.1) is 0 Å². The van der Waals surface area contributed by atoms with E-state index in [-0.39, 0.29) is 12.3 Å². The lowest BCUT2D eigenvalue weighted by molar-refractivity contribution is -0.143. The normalized spacial score (nSPS) is 12.8. The number of nitrogens with zero attached hydrogens (tertiary/aromatic N) is 1. The van der Waals surface area contributed by atoms with Crippen molar-refractivity contribution in [3.05, 3.63) is 29.8 Å². The summed E-state index contributed by atoms with van der Waals surface area (Å²) in [4.78, 5) is 52.8. The van der Waals surface area contributed by atoms with Gasteiger partial charge in [0.2, 0.25) is 17.7 Å². The lowest BCUT2D eigenvalue weighted by Gasteiger charge is -2.34. The first-order chi connectivity index (χ1) is 16.9. The summed E-state index contributed by atoms with van der Waals surface area (Å²) >= 11 is 0. The van der Waals surface area contributed by atoms with Crippen LogP contribution in [0.25, 0.3) is 0 Å². The van der Waals surface area contributed by atoms with Gasteiger partial charge in [-0.05, 0) is 51.3 Å². The van der Waals surface area contributed by atoms with Crippen molar-refractivity contribution in [2.24, 2.45) is 5.73 Å². The number of unbranched alkanes of at least 4 members (excludes halogenated alkanes) is 3. The molecule has 2 atom stereocenters. The number of ether oxygens (including phenoxy) is 1. The molecule has 0 fully saturated rings. The Morgan fingerprint density at radius 1 is 1.08 bits per heavy atom. The molecule has 202 valence electrons. The van der Waals surface area contributed by atoms with Gasteiger partial charge in [-0.25, -0.2) is 4.79 Å². The van der Waals surface area contributed by atoms with E-state index in [4.69, 9.17) is 10.5 Å². The van der Waals surface area contributed by atoms with Crippen LogP contribution in [0.4, 0.5) is 4.79 Å². The molecule has 4 amide bonds. The van der Waals surface area contributed by atoms with Gasteiger partial charge in [0.15, 0.2) is 0 Å². The number of rotatable bonds is 14. The van der Waals surface area contributed by atoms with Gasteiger partial charge >= 0.3 is 6.09 Å². The van der Waals surface area contributed by atoms with E-state index in [1.54, 1.807) is 32.9 Å². The van der Waals surface area contributed by atoms with Crippen molar-refractivity contribution in [1.29, 1.82) is 0 Å². The maximum absolute atomic E-state index is 13.8. The van der Waals surface area contributed by atoms with Crippen LogP contribution in [-0.2, 0) is 19.1 Å². The minimum atomic E-state index is -1.33. The Hall–Kier alpha value is -3.30. The SMILES string of the molecule is CCCCCN(C(=O)C(CC(N)=O)NC(=O)OC(C)(C)C)C(C(=O)NCCCC)c1cccc(O)c1. The van der Waals surface area contributed by atoms with E-state index in [2.05, 4.69) is 10.6 Å². The molecule has 0 aliphatic rings. The summed E-state index contributed by atoms with van der Waals surface area (Å²) in [5.41, 5.74) is 4.97. The number of carbonyl (C=O) groups excluding carboxylic acids is 4. The van der Waals surface area contributed by atoms with Crippen LogP contribution in [0.3, 0.4) is 0 Å². The topological polar surface area (TPSA) is 151 Å². The van der Waals surface area contributed by atoms with Gasteiger partial charge in [-0.1, -0.05) is 45.2 Å². The van der Waals surface area contributed by atoms with Gasteiger partial charge in [-0.2, -0.15) is 0 Å². The fourth-order valence-corrected chi connectivity index (χ4v) is 3.60. The van der Waals surface area contributed by atoms with Crippen molar-refractivity contribution in [1.82, 2.24) is 15.5 Å². The van der Waals surface area contributed by atoms with E-state index in [0.29, 0.717) is 18.5 Å². The van der Waals surface area contributed by atoms with Gasteiger partial charge in [-0.15, -0.1) is 0 Å². The highest BCUT2D eigenvalue weighted by Crippen LogP contribution is 2.26. The molecule has 0 radical (unpaired) electrons. The zero-order chi connectivity index (χ0) is 27.3. The van der Waals surface area contributed by atoms with E-state index in [1.165, 1.54) is 17.0 Å². The number of primary amides is 1. The molecule has 1 rings (SSSR count). The largest absolute Gasteiger partial charge is 0.508 e. The van der Waals surface area contributed by atoms with Crippen LogP contribution < -0.4 is 16.4 Å². The molecule has 0 spiro atoms. The quantitative estimate of drug-likeness (QED) is 0.285. The van der Waals surface area contributed by atoms with E-state index in [1.807, 2.05) is 13.8 Å². The average Bonchev–Trinajstić information content (AvgIpc) is 2.76. The first-order valence-corrected chi connectivity index (χ1v) is 12.5. The third-order valence-corrected chi connectivity index (χ3v) is 5.26. The number of nitrogens with one attached hydrogen (secondary N) is 2. The first kappa shape index (κ1) is 30.7. The second kappa shape index (κ2) is 15.0. The molecule has 0 saturated carbocycles. The molecule has 0 heterocycles. The highest BCUT2D eigenvalue weighted by Gasteiger charge is 2.36. The van der Waals surface area contributed by atoms with E-state index >= 15 is 0 Å². The molecule has 10 heteroatoms. The fourth-order valence-electron chi connectivity index (χ4n) is 3.60. The molecule has 0 aliphatic carbocycles. The number of amides is 4. The third kappa shape index (κ3) is 11.0. The van der Waals surface area contributed by atoms with Gasteiger partial charge in [-0.3, -0.25) is 14.4 Å². The Morgan fingerprint density at radius 2 is 1.75 bits per heavy atom. The Morgan fingerprint density at radius 3 is 2.31 bits per heavy atom. The molecule has 0 aromatic heterocycles. The zero-order valence-electron chi connectivity index (χ0n) is 22.1. The zero-order valence-corrected chi connectivity index (χ0v) is 22.1. The molecule has 36 heavy (non-hydrogen) atoms. The van der Waals surface area contributed by atoms with Crippen molar-refractivity contribution in [2.45, 2.75) is 90.8 Å². The number of nitrogens with two attached hydrogens (primary N) is 1. The van der Waals surface area contributed by atoms with Crippen molar-refractivity contribution in [3.63, 3.8) is 0 Å². The highest BCUT2D eigenvalue weighted by atomic mass is 16.6. The minimum Gasteiger partial charge on any atom is -0.508 e. The number of phenols is 1. The molecule has 10 nitrogen and oxygen atoms in total. The highest BCUT2D eigenvalue weighted by molar-refractivity contribution is 5.94. The number of phenolic OH excluding ortho intramolecular Hbond substituents is 1. The number of benzene rings is 1. The molecule has 1 aromatic carbocycles. The summed E-state index contributed by atoms with van der Waals surface area (Å²) in [6.07, 6.45) is 2.55. The Kier molecular flexibility index (Phi) is 12.8. The van der Waals surface area contributed by atoms with E-state index < -0.39 is 47.9 Å². The summed E-state index contributed by atoms with van der Waals surface area (Å²) in [6.45, 7) is 9.64. The standard InChI is InChI=1S/C26H42N4O6/c1-6-8-10-15-30(24(34)20(17-21(27)32)29-25(35)36-26(3,4)5)22(23(33)28-14-9-7-2)18-12-11-13-19(31)16-18/h11-13,16,20,22,31H,6-10,14-15,17H2,1-5H3,(H2,27,32)(H,28,33)(H,29,35). The lowest BCUT2D eigenvalue weighted by Crippen LogP contribution is -2.54. The second-order valence-corrected chi connectivity index (χ2v) is 9.75. The van der Waals surface area contributed by atoms with Gasteiger partial charge in [0, 0.05) is 13.1 Å². The molecule has 5 N–H and O–H groups in total. The minimum absolute atomic E-state index is 0.0552. The van der Waals surface area contributed by atoms with Gasteiger partial charge in [0.05, 0.1) is 6.42 Å². The molecule has 1 aromatic rings. The molecular weight excluding hydrogens is 464 g/mol. The van der Waals surface area contributed by atoms with E-state index in [9.17, 15) is 24.3 Å². The Bertz CT molecular complexity index is 883. The Labute approximate surface area is 213 Å². The predicted molar refractivity (Wildman–Crippen MR) is 137 cm³/mol. The van der Waals surface area contributed by atoms with Crippen LogP contribution in [0.15, 0.2) is 24.3 Å². The summed E-state index contributed by atoms with van der Waals surface area (Å²) in [7, 11) is 0. The molecule has 0 saturated heterocycles. The molecule has 2 unspecified atom stereocenters. The van der Waals surface area contributed by atoms with Crippen molar-refractivity contribution in [2.75, 3.05) is 13.1 Å². The monoisotopic (exact) mass is 506 g/mol. The van der Waals surface area contributed by atoms with Gasteiger partial charge in [0.25, 0.3) is 0 Å². The number of carbonyl (C=O) groups is 4. The van der Waals surface area contributed by atoms with Crippen molar-refractivity contribution in [3.8, 4) is 5.75 Å². The van der Waals surface area contributed by atoms with Crippen LogP contribution in [0.1, 0.15) is 84.7 Å². The summed E-state index contributed by atoms with van der Waals surface area (Å²) < 4.78 is 5.27. The van der Waals surface area contributed by atoms with Crippen LogP contribution in [0.5, 0.6) is 5.75 Å². The summed E-state index contributed by atoms with van der Waals surface area (Å²) in [5.74, 6) is -1.91.